The largest absolute Gasteiger partial charge is 0.356 e. The molecular formula is C30H33N5O4. The van der Waals surface area contributed by atoms with Crippen LogP contribution in [0.1, 0.15) is 49.4 Å². The zero-order valence-electron chi connectivity index (χ0n) is 22.4. The molecule has 0 bridgehead atoms. The Bertz CT molecular complexity index is 1380. The number of amides is 1. The van der Waals surface area contributed by atoms with Crippen LogP contribution in [0.15, 0.2) is 47.2 Å². The molecule has 1 aromatic carbocycles. The molecule has 2 saturated heterocycles. The second kappa shape index (κ2) is 12.8. The number of likely N-dealkylation sites (N-methyl/N-ethyl adjacent to an activating group) is 1. The van der Waals surface area contributed by atoms with E-state index in [9.17, 15) is 4.79 Å². The Hall–Kier alpha value is -3.89. The van der Waals surface area contributed by atoms with Gasteiger partial charge in [-0.05, 0) is 62.3 Å². The fourth-order valence-corrected chi connectivity index (χ4v) is 4.58. The van der Waals surface area contributed by atoms with Crippen LogP contribution in [-0.4, -0.2) is 76.5 Å². The van der Waals surface area contributed by atoms with Crippen LogP contribution < -0.4 is 0 Å². The van der Waals surface area contributed by atoms with Crippen molar-refractivity contribution in [3.63, 3.8) is 0 Å². The molecular weight excluding hydrogens is 494 g/mol. The number of imidazole rings is 1. The lowest BCUT2D eigenvalue weighted by Crippen LogP contribution is -2.48. The molecule has 2 aromatic heterocycles. The Balaban J connectivity index is 1.15. The van der Waals surface area contributed by atoms with Gasteiger partial charge in [0, 0.05) is 56.3 Å². The number of piperazine rings is 1. The summed E-state index contributed by atoms with van der Waals surface area (Å²) < 4.78 is 19.4. The minimum absolute atomic E-state index is 0.129. The van der Waals surface area contributed by atoms with E-state index >= 15 is 0 Å². The van der Waals surface area contributed by atoms with Crippen molar-refractivity contribution in [3.8, 4) is 35.0 Å². The molecule has 0 aliphatic carbocycles. The molecule has 39 heavy (non-hydrogen) atoms. The maximum Gasteiger partial charge on any atom is 0.236 e. The second-order valence-electron chi connectivity index (χ2n) is 9.83. The van der Waals surface area contributed by atoms with Gasteiger partial charge in [-0.2, -0.15) is 0 Å². The van der Waals surface area contributed by atoms with Gasteiger partial charge in [0.25, 0.3) is 0 Å². The first-order valence-corrected chi connectivity index (χ1v) is 13.3. The lowest BCUT2D eigenvalue weighted by molar-refractivity contribution is -0.188. The van der Waals surface area contributed by atoms with Gasteiger partial charge < -0.3 is 23.5 Å². The van der Waals surface area contributed by atoms with Gasteiger partial charge >= 0.3 is 0 Å². The van der Waals surface area contributed by atoms with Crippen molar-refractivity contribution in [3.05, 3.63) is 59.8 Å². The summed E-state index contributed by atoms with van der Waals surface area (Å²) in [5.74, 6) is 13.5. The number of hydrogen-bond donors (Lipinski definition) is 0. The first-order valence-electron chi connectivity index (χ1n) is 13.3. The summed E-state index contributed by atoms with van der Waals surface area (Å²) in [6.07, 6.45) is 6.45. The van der Waals surface area contributed by atoms with Crippen molar-refractivity contribution in [1.82, 2.24) is 24.5 Å². The molecule has 9 nitrogen and oxygen atoms in total. The Morgan fingerprint density at radius 1 is 1.18 bits per heavy atom. The average molecular weight is 528 g/mol. The molecule has 9 heteroatoms. The number of rotatable bonds is 7. The molecule has 2 atom stereocenters. The Kier molecular flexibility index (Phi) is 8.75. The van der Waals surface area contributed by atoms with Crippen molar-refractivity contribution in [2.45, 2.75) is 45.1 Å². The second-order valence-corrected chi connectivity index (χ2v) is 9.83. The number of carbonyl (C=O) groups is 1. The van der Waals surface area contributed by atoms with Crippen molar-refractivity contribution in [2.24, 2.45) is 0 Å². The third-order valence-electron chi connectivity index (χ3n) is 6.86. The van der Waals surface area contributed by atoms with E-state index in [2.05, 4.69) is 33.8 Å². The standard InChI is InChI=1S/C30H33N5O4/c1-23(38-29-9-5-7-19-37-29)30-31-14-16-35(30)21-26-20-27(39-32-26)25-12-10-24(11-13-25)8-4-3-6-15-34-18-17-33(2)28(36)22-34/h10-14,16,20,23,29H,5,7,9,15,17-19,21-22H2,1-2H3/t23-,29?/m0/s1. The van der Waals surface area contributed by atoms with E-state index in [-0.39, 0.29) is 18.3 Å². The van der Waals surface area contributed by atoms with Crippen LogP contribution in [0.5, 0.6) is 0 Å². The van der Waals surface area contributed by atoms with E-state index in [0.29, 0.717) is 25.4 Å². The predicted octanol–water partition coefficient (Wildman–Crippen LogP) is 3.32. The van der Waals surface area contributed by atoms with Gasteiger partial charge in [-0.25, -0.2) is 4.98 Å². The van der Waals surface area contributed by atoms with Crippen molar-refractivity contribution in [1.29, 1.82) is 0 Å². The molecule has 1 amide bonds. The van der Waals surface area contributed by atoms with E-state index in [1.807, 2.05) is 60.0 Å². The third kappa shape index (κ3) is 7.15. The Labute approximate surface area is 229 Å². The summed E-state index contributed by atoms with van der Waals surface area (Å²) in [7, 11) is 1.83. The van der Waals surface area contributed by atoms with Crippen molar-refractivity contribution in [2.75, 3.05) is 39.8 Å². The summed E-state index contributed by atoms with van der Waals surface area (Å²) in [4.78, 5) is 20.0. The summed E-state index contributed by atoms with van der Waals surface area (Å²) in [6, 6.07) is 9.73. The Morgan fingerprint density at radius 2 is 2.05 bits per heavy atom. The minimum atomic E-state index is -0.191. The molecule has 0 radical (unpaired) electrons. The summed E-state index contributed by atoms with van der Waals surface area (Å²) in [5, 5.41) is 4.26. The monoisotopic (exact) mass is 527 g/mol. The van der Waals surface area contributed by atoms with Gasteiger partial charge in [0.05, 0.1) is 19.6 Å². The normalized spacial score (nSPS) is 18.7. The number of nitrogens with zero attached hydrogens (tertiary/aromatic N) is 5. The van der Waals surface area contributed by atoms with Gasteiger partial charge in [0.2, 0.25) is 5.91 Å². The minimum Gasteiger partial charge on any atom is -0.356 e. The fraction of sp³-hybridized carbons (Fsp3) is 0.433. The van der Waals surface area contributed by atoms with E-state index in [1.54, 1.807) is 11.1 Å². The van der Waals surface area contributed by atoms with Crippen molar-refractivity contribution < 1.29 is 18.8 Å². The van der Waals surface area contributed by atoms with Gasteiger partial charge in [0.1, 0.15) is 17.6 Å². The maximum absolute atomic E-state index is 11.8. The lowest BCUT2D eigenvalue weighted by Gasteiger charge is -2.30. The first-order chi connectivity index (χ1) is 19.0. The van der Waals surface area contributed by atoms with Crippen LogP contribution in [0.25, 0.3) is 11.3 Å². The SMILES string of the molecule is C[C@H](OC1CCCCO1)c1nccn1Cc1cc(-c2ccc(C#CC#CCN3CCN(C)C(=O)C3)cc2)on1. The molecule has 5 rings (SSSR count). The summed E-state index contributed by atoms with van der Waals surface area (Å²) in [5.41, 5.74) is 2.58. The van der Waals surface area contributed by atoms with Crippen molar-refractivity contribution >= 4 is 5.91 Å². The molecule has 202 valence electrons. The molecule has 0 N–H and O–H groups in total. The molecule has 1 unspecified atom stereocenters. The Morgan fingerprint density at radius 3 is 2.85 bits per heavy atom. The fourth-order valence-electron chi connectivity index (χ4n) is 4.58. The third-order valence-corrected chi connectivity index (χ3v) is 6.86. The number of ether oxygens (including phenoxy) is 2. The van der Waals surface area contributed by atoms with E-state index in [0.717, 1.165) is 61.6 Å². The summed E-state index contributed by atoms with van der Waals surface area (Å²) >= 11 is 0. The molecule has 0 saturated carbocycles. The average Bonchev–Trinajstić information content (AvgIpc) is 3.62. The first kappa shape index (κ1) is 26.7. The van der Waals surface area contributed by atoms with Gasteiger partial charge in [-0.1, -0.05) is 17.0 Å². The van der Waals surface area contributed by atoms with Crippen LogP contribution in [0.4, 0.5) is 0 Å². The van der Waals surface area contributed by atoms with E-state index in [4.69, 9.17) is 14.0 Å². The molecule has 2 aliphatic heterocycles. The molecule has 0 spiro atoms. The highest BCUT2D eigenvalue weighted by atomic mass is 16.7. The smallest absolute Gasteiger partial charge is 0.236 e. The van der Waals surface area contributed by atoms with Crippen LogP contribution in [-0.2, 0) is 20.8 Å². The topological polar surface area (TPSA) is 85.9 Å². The van der Waals surface area contributed by atoms with Crippen LogP contribution in [0, 0.1) is 23.7 Å². The number of hydrogen-bond acceptors (Lipinski definition) is 7. The van der Waals surface area contributed by atoms with Gasteiger partial charge in [-0.15, -0.1) is 0 Å². The van der Waals surface area contributed by atoms with E-state index in [1.165, 1.54) is 0 Å². The van der Waals surface area contributed by atoms with Crippen LogP contribution >= 0.6 is 0 Å². The predicted molar refractivity (Wildman–Crippen MR) is 145 cm³/mol. The number of carbonyl (C=O) groups excluding carboxylic acids is 1. The quantitative estimate of drug-likeness (QED) is 0.436. The molecule has 3 aromatic rings. The maximum atomic E-state index is 11.8. The number of benzene rings is 1. The molecule has 2 fully saturated rings. The van der Waals surface area contributed by atoms with Gasteiger partial charge in [-0.3, -0.25) is 9.69 Å². The van der Waals surface area contributed by atoms with Crippen LogP contribution in [0.2, 0.25) is 0 Å². The lowest BCUT2D eigenvalue weighted by atomic mass is 10.1. The van der Waals surface area contributed by atoms with Gasteiger partial charge in [0.15, 0.2) is 12.1 Å². The van der Waals surface area contributed by atoms with E-state index < -0.39 is 0 Å². The molecule has 4 heterocycles. The summed E-state index contributed by atoms with van der Waals surface area (Å²) in [6.45, 7) is 5.80. The number of aromatic nitrogens is 3. The van der Waals surface area contributed by atoms with Crippen LogP contribution in [0.3, 0.4) is 0 Å². The highest BCUT2D eigenvalue weighted by Gasteiger charge is 2.22. The molecule has 2 aliphatic rings. The highest BCUT2D eigenvalue weighted by molar-refractivity contribution is 5.78. The zero-order valence-corrected chi connectivity index (χ0v) is 22.4. The zero-order chi connectivity index (χ0) is 27.0. The highest BCUT2D eigenvalue weighted by Crippen LogP contribution is 2.25.